The fourth-order valence-corrected chi connectivity index (χ4v) is 2.97. The molecule has 0 aliphatic heterocycles. The molecule has 0 amide bonds. The summed E-state index contributed by atoms with van der Waals surface area (Å²) in [5.41, 5.74) is 1.20. The van der Waals surface area contributed by atoms with Crippen LogP contribution in [0.4, 0.5) is 0 Å². The van der Waals surface area contributed by atoms with E-state index in [0.29, 0.717) is 0 Å². The molecule has 1 saturated carbocycles. The third-order valence-corrected chi connectivity index (χ3v) is 4.04. The number of hydrogen-bond acceptors (Lipinski definition) is 4. The third-order valence-electron chi connectivity index (χ3n) is 3.28. The van der Waals surface area contributed by atoms with E-state index in [0.717, 1.165) is 25.4 Å². The van der Waals surface area contributed by atoms with Crippen molar-refractivity contribution in [3.8, 4) is 0 Å². The predicted molar refractivity (Wildman–Crippen MR) is 67.6 cm³/mol. The van der Waals surface area contributed by atoms with Gasteiger partial charge in [0, 0.05) is 12.6 Å². The van der Waals surface area contributed by atoms with Crippen molar-refractivity contribution in [3.05, 3.63) is 10.6 Å². The van der Waals surface area contributed by atoms with Crippen LogP contribution in [0.2, 0.25) is 0 Å². The minimum absolute atomic E-state index is 0.727. The fraction of sp³-hybridized carbons (Fsp3) is 0.833. The highest BCUT2D eigenvalue weighted by Crippen LogP contribution is 2.19. The van der Waals surface area contributed by atoms with E-state index in [1.807, 2.05) is 0 Å². The van der Waals surface area contributed by atoms with E-state index in [1.165, 1.54) is 42.7 Å². The van der Waals surface area contributed by atoms with Crippen molar-refractivity contribution in [2.45, 2.75) is 64.5 Å². The zero-order valence-electron chi connectivity index (χ0n) is 10.0. The molecule has 1 aromatic heterocycles. The van der Waals surface area contributed by atoms with Crippen molar-refractivity contribution in [2.75, 3.05) is 0 Å². The number of nitrogens with one attached hydrogen (secondary N) is 1. The lowest BCUT2D eigenvalue weighted by molar-refractivity contribution is 0.373. The molecule has 0 atom stereocenters. The summed E-state index contributed by atoms with van der Waals surface area (Å²) < 4.78 is 4.06. The molecule has 90 valence electrons. The average Bonchev–Trinajstić information content (AvgIpc) is 2.76. The van der Waals surface area contributed by atoms with Crippen LogP contribution in [0.3, 0.4) is 0 Å². The van der Waals surface area contributed by atoms with E-state index in [1.54, 1.807) is 11.5 Å². The first-order valence-corrected chi connectivity index (χ1v) is 7.21. The Morgan fingerprint density at radius 2 is 2.12 bits per heavy atom. The smallest absolute Gasteiger partial charge is 0.0800 e. The Labute approximate surface area is 102 Å². The van der Waals surface area contributed by atoms with Crippen molar-refractivity contribution >= 4 is 11.5 Å². The van der Waals surface area contributed by atoms with Crippen LogP contribution in [-0.2, 0) is 13.0 Å². The van der Waals surface area contributed by atoms with E-state index in [-0.39, 0.29) is 0 Å². The molecule has 1 fully saturated rings. The summed E-state index contributed by atoms with van der Waals surface area (Å²) in [6, 6.07) is 0.727. The van der Waals surface area contributed by atoms with Crippen molar-refractivity contribution in [1.29, 1.82) is 0 Å². The van der Waals surface area contributed by atoms with E-state index < -0.39 is 0 Å². The van der Waals surface area contributed by atoms with Gasteiger partial charge in [-0.1, -0.05) is 37.1 Å². The zero-order valence-corrected chi connectivity index (χ0v) is 10.9. The second-order valence-corrected chi connectivity index (χ2v) is 5.45. The van der Waals surface area contributed by atoms with Crippen LogP contribution in [0.15, 0.2) is 0 Å². The topological polar surface area (TPSA) is 37.8 Å². The van der Waals surface area contributed by atoms with Gasteiger partial charge in [0.15, 0.2) is 0 Å². The van der Waals surface area contributed by atoms with Crippen molar-refractivity contribution in [3.63, 3.8) is 0 Å². The molecule has 1 aliphatic carbocycles. The first-order valence-electron chi connectivity index (χ1n) is 6.43. The summed E-state index contributed by atoms with van der Waals surface area (Å²) >= 11 is 1.55. The molecule has 1 aromatic rings. The van der Waals surface area contributed by atoms with Gasteiger partial charge in [0.2, 0.25) is 0 Å². The number of aryl methyl sites for hydroxylation is 1. The molecule has 0 saturated heterocycles. The second-order valence-electron chi connectivity index (χ2n) is 4.61. The Morgan fingerprint density at radius 1 is 1.31 bits per heavy atom. The first kappa shape index (κ1) is 12.0. The van der Waals surface area contributed by atoms with Crippen molar-refractivity contribution < 1.29 is 0 Å². The molecule has 2 rings (SSSR count). The molecule has 0 aromatic carbocycles. The molecule has 1 N–H and O–H groups in total. The summed E-state index contributed by atoms with van der Waals surface area (Å²) in [7, 11) is 0. The van der Waals surface area contributed by atoms with E-state index >= 15 is 0 Å². The van der Waals surface area contributed by atoms with Crippen LogP contribution in [0.5, 0.6) is 0 Å². The summed E-state index contributed by atoms with van der Waals surface area (Å²) in [4.78, 5) is 1.34. The Bertz CT molecular complexity index is 305. The maximum Gasteiger partial charge on any atom is 0.0800 e. The van der Waals surface area contributed by atoms with Crippen LogP contribution in [0.25, 0.3) is 0 Å². The summed E-state index contributed by atoms with van der Waals surface area (Å²) in [6.07, 6.45) is 9.10. The van der Waals surface area contributed by atoms with E-state index in [9.17, 15) is 0 Å². The molecular weight excluding hydrogens is 218 g/mol. The minimum atomic E-state index is 0.727. The van der Waals surface area contributed by atoms with Crippen molar-refractivity contribution in [2.24, 2.45) is 0 Å². The molecular formula is C12H21N3S. The standard InChI is InChI=1S/C12H21N3S/c1-2-6-11-12(16-15-14-11)9-13-10-7-4-3-5-8-10/h10,13H,2-9H2,1H3. The number of hydrogen-bond donors (Lipinski definition) is 1. The summed E-state index contributed by atoms with van der Waals surface area (Å²) in [5.74, 6) is 0. The molecule has 0 radical (unpaired) electrons. The third kappa shape index (κ3) is 3.25. The maximum atomic E-state index is 4.20. The van der Waals surface area contributed by atoms with E-state index in [2.05, 4.69) is 21.8 Å². The van der Waals surface area contributed by atoms with Gasteiger partial charge in [0.25, 0.3) is 0 Å². The Balaban J connectivity index is 1.81. The van der Waals surface area contributed by atoms with E-state index in [4.69, 9.17) is 0 Å². The van der Waals surface area contributed by atoms with Crippen LogP contribution < -0.4 is 5.32 Å². The minimum Gasteiger partial charge on any atom is -0.309 e. The molecule has 1 heterocycles. The normalized spacial score (nSPS) is 17.8. The largest absolute Gasteiger partial charge is 0.309 e. The number of rotatable bonds is 5. The molecule has 1 aliphatic rings. The Morgan fingerprint density at radius 3 is 2.88 bits per heavy atom. The lowest BCUT2D eigenvalue weighted by Gasteiger charge is -2.22. The van der Waals surface area contributed by atoms with Gasteiger partial charge in [-0.25, -0.2) is 0 Å². The van der Waals surface area contributed by atoms with Crippen molar-refractivity contribution in [1.82, 2.24) is 14.9 Å². The highest BCUT2D eigenvalue weighted by molar-refractivity contribution is 7.05. The van der Waals surface area contributed by atoms with Crippen LogP contribution in [0, 0.1) is 0 Å². The molecule has 4 heteroatoms. The number of aromatic nitrogens is 2. The lowest BCUT2D eigenvalue weighted by atomic mass is 9.95. The van der Waals surface area contributed by atoms with Gasteiger partial charge in [0.05, 0.1) is 10.6 Å². The van der Waals surface area contributed by atoms with Gasteiger partial charge < -0.3 is 5.32 Å². The van der Waals surface area contributed by atoms with Gasteiger partial charge >= 0.3 is 0 Å². The van der Waals surface area contributed by atoms with Gasteiger partial charge in [0.1, 0.15) is 0 Å². The van der Waals surface area contributed by atoms with Gasteiger partial charge in [-0.15, -0.1) is 5.10 Å². The highest BCUT2D eigenvalue weighted by atomic mass is 32.1. The van der Waals surface area contributed by atoms with Crippen LogP contribution >= 0.6 is 11.5 Å². The predicted octanol–water partition coefficient (Wildman–Crippen LogP) is 2.91. The molecule has 0 unspecified atom stereocenters. The maximum absolute atomic E-state index is 4.20. The molecule has 16 heavy (non-hydrogen) atoms. The fourth-order valence-electron chi connectivity index (χ4n) is 2.33. The monoisotopic (exact) mass is 239 g/mol. The summed E-state index contributed by atoms with van der Waals surface area (Å²) in [6.45, 7) is 3.16. The first-order chi connectivity index (χ1) is 7.90. The lowest BCUT2D eigenvalue weighted by Crippen LogP contribution is -2.30. The number of nitrogens with zero attached hydrogens (tertiary/aromatic N) is 2. The van der Waals surface area contributed by atoms with Crippen LogP contribution in [-0.4, -0.2) is 15.6 Å². The van der Waals surface area contributed by atoms with Gasteiger partial charge in [-0.3, -0.25) is 0 Å². The second kappa shape index (κ2) is 6.30. The van der Waals surface area contributed by atoms with Crippen LogP contribution in [0.1, 0.15) is 56.0 Å². The SMILES string of the molecule is CCCc1nnsc1CNC1CCCCC1. The highest BCUT2D eigenvalue weighted by Gasteiger charge is 2.14. The molecule has 3 nitrogen and oxygen atoms in total. The average molecular weight is 239 g/mol. The van der Waals surface area contributed by atoms with Gasteiger partial charge in [-0.05, 0) is 30.8 Å². The molecule has 0 spiro atoms. The van der Waals surface area contributed by atoms with Gasteiger partial charge in [-0.2, -0.15) is 0 Å². The Hall–Kier alpha value is -0.480. The zero-order chi connectivity index (χ0) is 11.2. The quantitative estimate of drug-likeness (QED) is 0.858. The summed E-state index contributed by atoms with van der Waals surface area (Å²) in [5, 5.41) is 7.85. The Kier molecular flexibility index (Phi) is 4.72. The molecule has 0 bridgehead atoms.